The van der Waals surface area contributed by atoms with E-state index >= 15 is 0 Å². The largest absolute Gasteiger partial charge is 0.316 e. The normalized spacial score (nSPS) is 11.7. The number of rotatable bonds is 9. The van der Waals surface area contributed by atoms with Crippen LogP contribution < -0.4 is 5.32 Å². The maximum atomic E-state index is 6.21. The molecule has 0 unspecified atom stereocenters. The summed E-state index contributed by atoms with van der Waals surface area (Å²) in [6.07, 6.45) is 3.84. The summed E-state index contributed by atoms with van der Waals surface area (Å²) in [6, 6.07) is 0. The molecule has 0 spiro atoms. The van der Waals surface area contributed by atoms with E-state index < -0.39 is 0 Å². The standard InChI is InChI=1S/C14H27ClN4/c1-12(2)10-16-7-5-6-14-13(15)11-17-19(14)9-8-18(3)4/h11-12,16H,5-10H2,1-4H3. The molecule has 5 heteroatoms. The van der Waals surface area contributed by atoms with Gasteiger partial charge in [-0.2, -0.15) is 5.10 Å². The minimum atomic E-state index is 0.703. The van der Waals surface area contributed by atoms with Gasteiger partial charge >= 0.3 is 0 Å². The molecule has 110 valence electrons. The fourth-order valence-electron chi connectivity index (χ4n) is 1.90. The first-order valence-corrected chi connectivity index (χ1v) is 7.44. The first-order chi connectivity index (χ1) is 9.00. The van der Waals surface area contributed by atoms with E-state index in [0.29, 0.717) is 5.92 Å². The van der Waals surface area contributed by atoms with Gasteiger partial charge in [-0.05, 0) is 45.9 Å². The molecule has 0 bridgehead atoms. The zero-order valence-corrected chi connectivity index (χ0v) is 13.4. The van der Waals surface area contributed by atoms with E-state index in [2.05, 4.69) is 43.3 Å². The molecule has 0 aromatic carbocycles. The van der Waals surface area contributed by atoms with Crippen LogP contribution in [0.4, 0.5) is 0 Å². The molecule has 0 saturated heterocycles. The van der Waals surface area contributed by atoms with Crippen LogP contribution in [0.3, 0.4) is 0 Å². The van der Waals surface area contributed by atoms with Crippen LogP contribution >= 0.6 is 11.6 Å². The van der Waals surface area contributed by atoms with E-state index in [1.54, 1.807) is 6.20 Å². The monoisotopic (exact) mass is 286 g/mol. The quantitative estimate of drug-likeness (QED) is 0.707. The van der Waals surface area contributed by atoms with Crippen molar-refractivity contribution in [2.75, 3.05) is 33.7 Å². The van der Waals surface area contributed by atoms with E-state index in [9.17, 15) is 0 Å². The Labute approximate surface area is 122 Å². The van der Waals surface area contributed by atoms with E-state index in [-0.39, 0.29) is 0 Å². The summed E-state index contributed by atoms with van der Waals surface area (Å²) in [4.78, 5) is 2.16. The highest BCUT2D eigenvalue weighted by Crippen LogP contribution is 2.16. The molecule has 1 heterocycles. The first kappa shape index (κ1) is 16.5. The topological polar surface area (TPSA) is 33.1 Å². The number of halogens is 1. The van der Waals surface area contributed by atoms with E-state index in [4.69, 9.17) is 11.6 Å². The van der Waals surface area contributed by atoms with E-state index in [1.165, 1.54) is 0 Å². The van der Waals surface area contributed by atoms with Gasteiger partial charge in [0.25, 0.3) is 0 Å². The highest BCUT2D eigenvalue weighted by Gasteiger charge is 2.08. The fraction of sp³-hybridized carbons (Fsp3) is 0.786. The molecule has 0 radical (unpaired) electrons. The van der Waals surface area contributed by atoms with Crippen molar-refractivity contribution in [3.05, 3.63) is 16.9 Å². The lowest BCUT2D eigenvalue weighted by atomic mass is 10.2. The number of hydrogen-bond acceptors (Lipinski definition) is 3. The van der Waals surface area contributed by atoms with Gasteiger partial charge in [-0.15, -0.1) is 0 Å². The van der Waals surface area contributed by atoms with Gasteiger partial charge < -0.3 is 10.2 Å². The molecule has 1 N–H and O–H groups in total. The maximum Gasteiger partial charge on any atom is 0.0817 e. The molecule has 0 fully saturated rings. The summed E-state index contributed by atoms with van der Waals surface area (Å²) in [5, 5.41) is 8.60. The number of nitrogens with one attached hydrogen (secondary N) is 1. The summed E-state index contributed by atoms with van der Waals surface area (Å²) in [6.45, 7) is 8.44. The Hall–Kier alpha value is -0.580. The van der Waals surface area contributed by atoms with Crippen LogP contribution in [0.25, 0.3) is 0 Å². The first-order valence-electron chi connectivity index (χ1n) is 7.06. The Morgan fingerprint density at radius 1 is 1.42 bits per heavy atom. The molecule has 0 aliphatic carbocycles. The smallest absolute Gasteiger partial charge is 0.0817 e. The van der Waals surface area contributed by atoms with Crippen molar-refractivity contribution in [2.24, 2.45) is 5.92 Å². The van der Waals surface area contributed by atoms with Gasteiger partial charge in [-0.25, -0.2) is 0 Å². The maximum absolute atomic E-state index is 6.21. The Kier molecular flexibility index (Phi) is 7.42. The van der Waals surface area contributed by atoms with Crippen LogP contribution in [0.2, 0.25) is 5.02 Å². The van der Waals surface area contributed by atoms with Gasteiger partial charge in [0.1, 0.15) is 0 Å². The Morgan fingerprint density at radius 2 is 2.16 bits per heavy atom. The van der Waals surface area contributed by atoms with Crippen molar-refractivity contribution in [1.29, 1.82) is 0 Å². The van der Waals surface area contributed by atoms with Gasteiger partial charge in [0.2, 0.25) is 0 Å². The van der Waals surface area contributed by atoms with Gasteiger partial charge in [-0.1, -0.05) is 25.4 Å². The van der Waals surface area contributed by atoms with Crippen LogP contribution in [-0.2, 0) is 13.0 Å². The number of aromatic nitrogens is 2. The third kappa shape index (κ3) is 6.41. The van der Waals surface area contributed by atoms with Crippen LogP contribution in [0.5, 0.6) is 0 Å². The molecule has 0 atom stereocenters. The highest BCUT2D eigenvalue weighted by atomic mass is 35.5. The van der Waals surface area contributed by atoms with Crippen molar-refractivity contribution in [3.63, 3.8) is 0 Å². The second-order valence-corrected chi connectivity index (χ2v) is 6.07. The molecule has 1 rings (SSSR count). The third-order valence-corrected chi connectivity index (χ3v) is 3.29. The molecular formula is C14H27ClN4. The Morgan fingerprint density at radius 3 is 2.79 bits per heavy atom. The van der Waals surface area contributed by atoms with Gasteiger partial charge in [0, 0.05) is 6.54 Å². The lowest BCUT2D eigenvalue weighted by molar-refractivity contribution is 0.369. The number of likely N-dealkylation sites (N-methyl/N-ethyl adjacent to an activating group) is 1. The molecular weight excluding hydrogens is 260 g/mol. The molecule has 4 nitrogen and oxygen atoms in total. The molecule has 1 aromatic heterocycles. The van der Waals surface area contributed by atoms with E-state index in [0.717, 1.165) is 49.7 Å². The van der Waals surface area contributed by atoms with Crippen LogP contribution in [0, 0.1) is 5.92 Å². The van der Waals surface area contributed by atoms with Crippen molar-refractivity contribution in [2.45, 2.75) is 33.2 Å². The second-order valence-electron chi connectivity index (χ2n) is 5.67. The zero-order valence-electron chi connectivity index (χ0n) is 12.6. The fourth-order valence-corrected chi connectivity index (χ4v) is 2.13. The summed E-state index contributed by atoms with van der Waals surface area (Å²) in [5.41, 5.74) is 1.16. The summed E-state index contributed by atoms with van der Waals surface area (Å²) >= 11 is 6.21. The molecule has 0 aliphatic heterocycles. The van der Waals surface area contributed by atoms with Gasteiger partial charge in [0.15, 0.2) is 0 Å². The molecule has 0 aliphatic rings. The van der Waals surface area contributed by atoms with Crippen LogP contribution in [0.1, 0.15) is 26.0 Å². The molecule has 0 saturated carbocycles. The minimum absolute atomic E-state index is 0.703. The molecule has 19 heavy (non-hydrogen) atoms. The Bertz CT molecular complexity index is 360. The predicted octanol–water partition coefficient (Wildman–Crippen LogP) is 2.28. The molecule has 1 aromatic rings. The average molecular weight is 287 g/mol. The second kappa shape index (κ2) is 8.56. The van der Waals surface area contributed by atoms with Crippen molar-refractivity contribution in [1.82, 2.24) is 20.0 Å². The van der Waals surface area contributed by atoms with Gasteiger partial charge in [-0.3, -0.25) is 4.68 Å². The van der Waals surface area contributed by atoms with E-state index in [1.807, 2.05) is 4.68 Å². The average Bonchev–Trinajstić information content (AvgIpc) is 2.67. The summed E-state index contributed by atoms with van der Waals surface area (Å²) < 4.78 is 2.03. The number of hydrogen-bond donors (Lipinski definition) is 1. The summed E-state index contributed by atoms with van der Waals surface area (Å²) in [7, 11) is 4.14. The van der Waals surface area contributed by atoms with Crippen molar-refractivity contribution >= 4 is 11.6 Å². The minimum Gasteiger partial charge on any atom is -0.316 e. The van der Waals surface area contributed by atoms with Crippen molar-refractivity contribution in [3.8, 4) is 0 Å². The van der Waals surface area contributed by atoms with Crippen molar-refractivity contribution < 1.29 is 0 Å². The van der Waals surface area contributed by atoms with Crippen LogP contribution in [-0.4, -0.2) is 48.4 Å². The molecule has 0 amide bonds. The van der Waals surface area contributed by atoms with Crippen LogP contribution in [0.15, 0.2) is 6.20 Å². The predicted molar refractivity (Wildman–Crippen MR) is 81.8 cm³/mol. The Balaban J connectivity index is 2.37. The zero-order chi connectivity index (χ0) is 14.3. The highest BCUT2D eigenvalue weighted by molar-refractivity contribution is 6.31. The van der Waals surface area contributed by atoms with Gasteiger partial charge in [0.05, 0.1) is 23.5 Å². The lowest BCUT2D eigenvalue weighted by Crippen LogP contribution is -2.22. The number of nitrogens with zero attached hydrogens (tertiary/aromatic N) is 3. The third-order valence-electron chi connectivity index (χ3n) is 2.98. The summed E-state index contributed by atoms with van der Waals surface area (Å²) in [5.74, 6) is 0.703. The SMILES string of the molecule is CC(C)CNCCCc1c(Cl)cnn1CCN(C)C. The lowest BCUT2D eigenvalue weighted by Gasteiger charge is -2.12.